The summed E-state index contributed by atoms with van der Waals surface area (Å²) >= 11 is 6.29. The first-order chi connectivity index (χ1) is 14.0. The summed E-state index contributed by atoms with van der Waals surface area (Å²) < 4.78 is 16.8. The Morgan fingerprint density at radius 2 is 2.14 bits per heavy atom. The van der Waals surface area contributed by atoms with Crippen molar-refractivity contribution in [1.29, 1.82) is 0 Å². The molecule has 2 aliphatic heterocycles. The molecule has 1 aromatic carbocycles. The van der Waals surface area contributed by atoms with Crippen molar-refractivity contribution in [2.75, 3.05) is 53.1 Å². The van der Waals surface area contributed by atoms with Crippen LogP contribution >= 0.6 is 11.6 Å². The van der Waals surface area contributed by atoms with Crippen LogP contribution in [-0.2, 0) is 0 Å². The van der Waals surface area contributed by atoms with Crippen molar-refractivity contribution in [2.45, 2.75) is 25.4 Å². The van der Waals surface area contributed by atoms with Gasteiger partial charge in [-0.2, -0.15) is 0 Å². The quantitative estimate of drug-likeness (QED) is 0.601. The Hall–Kier alpha value is -1.74. The predicted octanol–water partition coefficient (Wildman–Crippen LogP) is 1.30. The number of amides is 1. The molecule has 0 aliphatic carbocycles. The van der Waals surface area contributed by atoms with Gasteiger partial charge in [-0.25, -0.2) is 0 Å². The lowest BCUT2D eigenvalue weighted by Gasteiger charge is -2.36. The van der Waals surface area contributed by atoms with Gasteiger partial charge in [0.05, 0.1) is 37.0 Å². The zero-order chi connectivity index (χ0) is 20.8. The summed E-state index contributed by atoms with van der Waals surface area (Å²) in [5, 5.41) is 22.6. The van der Waals surface area contributed by atoms with Crippen LogP contribution in [0.15, 0.2) is 6.07 Å². The van der Waals surface area contributed by atoms with Crippen LogP contribution in [0.25, 0.3) is 0 Å². The minimum Gasteiger partial charge on any atom is -0.491 e. The van der Waals surface area contributed by atoms with Crippen molar-refractivity contribution in [3.05, 3.63) is 16.7 Å². The van der Waals surface area contributed by atoms with Crippen LogP contribution in [0.1, 0.15) is 29.6 Å². The van der Waals surface area contributed by atoms with Crippen molar-refractivity contribution in [3.63, 3.8) is 0 Å². The highest BCUT2D eigenvalue weighted by Gasteiger charge is 2.30. The van der Waals surface area contributed by atoms with Crippen LogP contribution in [-0.4, -0.2) is 80.2 Å². The zero-order valence-corrected chi connectivity index (χ0v) is 17.4. The number of nitrogens with one attached hydrogen (secondary N) is 1. The van der Waals surface area contributed by atoms with E-state index in [-0.39, 0.29) is 23.5 Å². The molecular weight excluding hydrogens is 400 g/mol. The van der Waals surface area contributed by atoms with E-state index in [2.05, 4.69) is 10.2 Å². The molecule has 162 valence electrons. The maximum Gasteiger partial charge on any atom is 0.255 e. The smallest absolute Gasteiger partial charge is 0.255 e. The van der Waals surface area contributed by atoms with Crippen LogP contribution in [0.4, 0.5) is 0 Å². The lowest BCUT2D eigenvalue weighted by atomic mass is 9.93. The Bertz CT molecular complexity index is 717. The number of benzene rings is 1. The fourth-order valence-corrected chi connectivity index (χ4v) is 4.00. The minimum absolute atomic E-state index is 0.0335. The second-order valence-corrected chi connectivity index (χ2v) is 7.76. The second kappa shape index (κ2) is 10.3. The maximum atomic E-state index is 12.9. The first-order valence-electron chi connectivity index (χ1n) is 10.0. The summed E-state index contributed by atoms with van der Waals surface area (Å²) in [4.78, 5) is 15.0. The van der Waals surface area contributed by atoms with Crippen LogP contribution in [0.2, 0.25) is 5.02 Å². The van der Waals surface area contributed by atoms with Crippen molar-refractivity contribution in [1.82, 2.24) is 10.2 Å². The number of rotatable bonds is 7. The number of ether oxygens (including phenoxy) is 3. The van der Waals surface area contributed by atoms with Gasteiger partial charge in [0, 0.05) is 38.6 Å². The van der Waals surface area contributed by atoms with Crippen LogP contribution in [0.5, 0.6) is 17.2 Å². The number of fused-ring (bicyclic) bond motifs is 1. The molecule has 0 aromatic heterocycles. The van der Waals surface area contributed by atoms with E-state index in [9.17, 15) is 9.90 Å². The normalized spacial score (nSPS) is 22.1. The number of hydrogen-bond donors (Lipinski definition) is 3. The summed E-state index contributed by atoms with van der Waals surface area (Å²) in [6, 6.07) is 1.52. The van der Waals surface area contributed by atoms with Crippen molar-refractivity contribution in [3.8, 4) is 17.2 Å². The summed E-state index contributed by atoms with van der Waals surface area (Å²) in [6.07, 6.45) is 1.63. The lowest BCUT2D eigenvalue weighted by molar-refractivity contribution is 0.0201. The van der Waals surface area contributed by atoms with E-state index in [1.165, 1.54) is 13.2 Å². The highest BCUT2D eigenvalue weighted by atomic mass is 35.5. The Morgan fingerprint density at radius 1 is 1.38 bits per heavy atom. The molecule has 2 atom stereocenters. The third kappa shape index (κ3) is 5.25. The van der Waals surface area contributed by atoms with Gasteiger partial charge in [-0.05, 0) is 25.5 Å². The average Bonchev–Trinajstić information content (AvgIpc) is 2.96. The van der Waals surface area contributed by atoms with E-state index < -0.39 is 6.10 Å². The molecule has 29 heavy (non-hydrogen) atoms. The summed E-state index contributed by atoms with van der Waals surface area (Å²) in [7, 11) is 1.49. The van der Waals surface area contributed by atoms with Gasteiger partial charge in [0.1, 0.15) is 0 Å². The van der Waals surface area contributed by atoms with Crippen LogP contribution < -0.4 is 19.5 Å². The first-order valence-corrected chi connectivity index (χ1v) is 10.4. The predicted molar refractivity (Wildman–Crippen MR) is 108 cm³/mol. The molecule has 3 rings (SSSR count). The van der Waals surface area contributed by atoms with E-state index in [1.54, 1.807) is 0 Å². The molecule has 1 amide bonds. The SMILES string of the molecule is COc1c(Cl)cc(C(=O)NCC2CCN(CCCO)CC2O)c2c1OCCCO2. The van der Waals surface area contributed by atoms with Crippen molar-refractivity contribution in [2.24, 2.45) is 5.92 Å². The zero-order valence-electron chi connectivity index (χ0n) is 16.7. The summed E-state index contributed by atoms with van der Waals surface area (Å²) in [5.41, 5.74) is 0.294. The fourth-order valence-electron chi connectivity index (χ4n) is 3.73. The molecule has 2 aliphatic rings. The number of halogens is 1. The molecule has 0 spiro atoms. The third-order valence-corrected chi connectivity index (χ3v) is 5.62. The van der Waals surface area contributed by atoms with E-state index in [4.69, 9.17) is 30.9 Å². The minimum atomic E-state index is -0.529. The molecule has 3 N–H and O–H groups in total. The Balaban J connectivity index is 1.66. The number of methoxy groups -OCH3 is 1. The number of nitrogens with zero attached hydrogens (tertiary/aromatic N) is 1. The number of likely N-dealkylation sites (tertiary alicyclic amines) is 1. The molecule has 1 saturated heterocycles. The standard InChI is InChI=1S/C20H29ClN2O6/c1-27-18-15(21)10-14(17-19(18)29-9-3-8-28-17)20(26)22-11-13-4-6-23(5-2-7-24)12-16(13)25/h10,13,16,24-25H,2-9,11-12H2,1H3,(H,22,26). The molecule has 8 nitrogen and oxygen atoms in total. The molecule has 2 heterocycles. The highest BCUT2D eigenvalue weighted by Crippen LogP contribution is 2.46. The number of β-amino-alcohol motifs (C(OH)–C–C–N with tert-alkyl or cyclic N) is 1. The first kappa shape index (κ1) is 22.0. The van der Waals surface area contributed by atoms with Gasteiger partial charge in [-0.3, -0.25) is 4.79 Å². The van der Waals surface area contributed by atoms with Gasteiger partial charge in [-0.15, -0.1) is 0 Å². The van der Waals surface area contributed by atoms with Crippen LogP contribution in [0.3, 0.4) is 0 Å². The van der Waals surface area contributed by atoms with Crippen molar-refractivity contribution < 1.29 is 29.2 Å². The molecule has 1 aromatic rings. The van der Waals surface area contributed by atoms with E-state index in [0.29, 0.717) is 62.0 Å². The summed E-state index contributed by atoms with van der Waals surface area (Å²) in [5.74, 6) is 0.673. The van der Waals surface area contributed by atoms with Gasteiger partial charge in [-0.1, -0.05) is 11.6 Å². The number of carbonyl (C=O) groups is 1. The van der Waals surface area contributed by atoms with Gasteiger partial charge in [0.15, 0.2) is 11.5 Å². The molecule has 0 radical (unpaired) electrons. The molecule has 2 unspecified atom stereocenters. The Labute approximate surface area is 175 Å². The molecule has 0 bridgehead atoms. The monoisotopic (exact) mass is 428 g/mol. The molecule has 9 heteroatoms. The highest BCUT2D eigenvalue weighted by molar-refractivity contribution is 6.33. The van der Waals surface area contributed by atoms with E-state index in [1.807, 2.05) is 0 Å². The van der Waals surface area contributed by atoms with Gasteiger partial charge < -0.3 is 34.6 Å². The average molecular weight is 429 g/mol. The van der Waals surface area contributed by atoms with Crippen molar-refractivity contribution >= 4 is 17.5 Å². The Morgan fingerprint density at radius 3 is 2.83 bits per heavy atom. The maximum absolute atomic E-state index is 12.9. The topological polar surface area (TPSA) is 100 Å². The fraction of sp³-hybridized carbons (Fsp3) is 0.650. The summed E-state index contributed by atoms with van der Waals surface area (Å²) in [6.45, 7) is 3.52. The largest absolute Gasteiger partial charge is 0.491 e. The second-order valence-electron chi connectivity index (χ2n) is 7.35. The van der Waals surface area contributed by atoms with Gasteiger partial charge >= 0.3 is 0 Å². The molecule has 1 fully saturated rings. The lowest BCUT2D eigenvalue weighted by Crippen LogP contribution is -2.47. The number of hydrogen-bond acceptors (Lipinski definition) is 7. The third-order valence-electron chi connectivity index (χ3n) is 5.34. The molecule has 0 saturated carbocycles. The van der Waals surface area contributed by atoms with Gasteiger partial charge in [0.25, 0.3) is 5.91 Å². The number of aliphatic hydroxyl groups excluding tert-OH is 2. The van der Waals surface area contributed by atoms with Gasteiger partial charge in [0.2, 0.25) is 5.75 Å². The number of carbonyl (C=O) groups excluding carboxylic acids is 1. The van der Waals surface area contributed by atoms with E-state index in [0.717, 1.165) is 19.5 Å². The van der Waals surface area contributed by atoms with E-state index >= 15 is 0 Å². The molecular formula is C20H29ClN2O6. The number of aliphatic hydroxyl groups is 2. The Kier molecular flexibility index (Phi) is 7.83. The van der Waals surface area contributed by atoms with Crippen LogP contribution in [0, 0.1) is 5.92 Å². The number of piperidine rings is 1.